The SMILES string of the molecule is COc1ccc2c(c1)[nH]c(=O)n2Cc1ccc(O)cc1. The fourth-order valence-electron chi connectivity index (χ4n) is 2.21. The molecule has 2 N–H and O–H groups in total. The van der Waals surface area contributed by atoms with Crippen LogP contribution in [0.15, 0.2) is 47.3 Å². The Kier molecular flexibility index (Phi) is 2.95. The second-order valence-corrected chi connectivity index (χ2v) is 4.57. The van der Waals surface area contributed by atoms with Crippen molar-refractivity contribution < 1.29 is 9.84 Å². The van der Waals surface area contributed by atoms with Gasteiger partial charge in [-0.25, -0.2) is 4.79 Å². The smallest absolute Gasteiger partial charge is 0.326 e. The van der Waals surface area contributed by atoms with Crippen molar-refractivity contribution in [3.63, 3.8) is 0 Å². The summed E-state index contributed by atoms with van der Waals surface area (Å²) in [6.45, 7) is 0.450. The van der Waals surface area contributed by atoms with Crippen molar-refractivity contribution >= 4 is 11.0 Å². The average molecular weight is 270 g/mol. The number of benzene rings is 2. The third-order valence-corrected chi connectivity index (χ3v) is 3.26. The summed E-state index contributed by atoms with van der Waals surface area (Å²) in [5.41, 5.74) is 2.35. The second-order valence-electron chi connectivity index (χ2n) is 4.57. The van der Waals surface area contributed by atoms with Crippen LogP contribution in [-0.4, -0.2) is 21.8 Å². The third kappa shape index (κ3) is 2.14. The minimum atomic E-state index is -0.165. The highest BCUT2D eigenvalue weighted by atomic mass is 16.5. The second kappa shape index (κ2) is 4.77. The maximum absolute atomic E-state index is 12.0. The average Bonchev–Trinajstić information content (AvgIpc) is 2.76. The largest absolute Gasteiger partial charge is 0.508 e. The van der Waals surface area contributed by atoms with E-state index in [4.69, 9.17) is 4.74 Å². The highest BCUT2D eigenvalue weighted by Crippen LogP contribution is 2.19. The molecule has 3 aromatic rings. The van der Waals surface area contributed by atoms with E-state index in [1.54, 1.807) is 42.0 Å². The van der Waals surface area contributed by atoms with Gasteiger partial charge in [-0.3, -0.25) is 4.57 Å². The molecular weight excluding hydrogens is 256 g/mol. The van der Waals surface area contributed by atoms with Crippen molar-refractivity contribution in [2.24, 2.45) is 0 Å². The van der Waals surface area contributed by atoms with Gasteiger partial charge in [0.1, 0.15) is 11.5 Å². The van der Waals surface area contributed by atoms with Crippen LogP contribution in [0.2, 0.25) is 0 Å². The first-order valence-corrected chi connectivity index (χ1v) is 6.22. The first-order valence-electron chi connectivity index (χ1n) is 6.22. The van der Waals surface area contributed by atoms with Crippen molar-refractivity contribution in [2.75, 3.05) is 7.11 Å². The molecule has 0 amide bonds. The number of methoxy groups -OCH3 is 1. The van der Waals surface area contributed by atoms with E-state index in [0.29, 0.717) is 12.3 Å². The molecule has 0 radical (unpaired) electrons. The molecule has 0 aliphatic rings. The number of fused-ring (bicyclic) bond motifs is 1. The van der Waals surface area contributed by atoms with Gasteiger partial charge in [-0.2, -0.15) is 0 Å². The molecule has 2 aromatic carbocycles. The first-order chi connectivity index (χ1) is 9.67. The Balaban J connectivity index is 2.05. The Morgan fingerprint density at radius 3 is 2.65 bits per heavy atom. The van der Waals surface area contributed by atoms with E-state index in [1.807, 2.05) is 12.1 Å². The lowest BCUT2D eigenvalue weighted by Crippen LogP contribution is -2.17. The zero-order valence-corrected chi connectivity index (χ0v) is 11.0. The summed E-state index contributed by atoms with van der Waals surface area (Å²) >= 11 is 0. The summed E-state index contributed by atoms with van der Waals surface area (Å²) in [6, 6.07) is 12.3. The molecule has 1 aromatic heterocycles. The highest BCUT2D eigenvalue weighted by molar-refractivity contribution is 5.77. The van der Waals surface area contributed by atoms with Gasteiger partial charge in [0.25, 0.3) is 0 Å². The van der Waals surface area contributed by atoms with Gasteiger partial charge in [0.2, 0.25) is 0 Å². The quantitative estimate of drug-likeness (QED) is 0.765. The summed E-state index contributed by atoms with van der Waals surface area (Å²) in [7, 11) is 1.59. The van der Waals surface area contributed by atoms with Crippen molar-refractivity contribution in [2.45, 2.75) is 6.54 Å². The van der Waals surface area contributed by atoms with Crippen molar-refractivity contribution in [3.8, 4) is 11.5 Å². The van der Waals surface area contributed by atoms with Gasteiger partial charge in [-0.1, -0.05) is 12.1 Å². The Bertz CT molecular complexity index is 800. The number of hydrogen-bond donors (Lipinski definition) is 2. The van der Waals surface area contributed by atoms with Crippen LogP contribution in [-0.2, 0) is 6.54 Å². The molecule has 0 unspecified atom stereocenters. The van der Waals surface area contributed by atoms with Crippen molar-refractivity contribution in [3.05, 3.63) is 58.5 Å². The monoisotopic (exact) mass is 270 g/mol. The predicted molar refractivity (Wildman–Crippen MR) is 76.3 cm³/mol. The maximum atomic E-state index is 12.0. The van der Waals surface area contributed by atoms with E-state index in [0.717, 1.165) is 16.6 Å². The number of ether oxygens (including phenoxy) is 1. The lowest BCUT2D eigenvalue weighted by molar-refractivity contribution is 0.415. The molecule has 3 rings (SSSR count). The zero-order chi connectivity index (χ0) is 14.1. The molecular formula is C15H14N2O3. The number of nitrogens with one attached hydrogen (secondary N) is 1. The normalized spacial score (nSPS) is 10.8. The number of phenolic OH excluding ortho intramolecular Hbond substituents is 1. The zero-order valence-electron chi connectivity index (χ0n) is 11.0. The highest BCUT2D eigenvalue weighted by Gasteiger charge is 2.08. The summed E-state index contributed by atoms with van der Waals surface area (Å²) in [6.07, 6.45) is 0. The van der Waals surface area contributed by atoms with Crippen LogP contribution in [0.25, 0.3) is 11.0 Å². The van der Waals surface area contributed by atoms with Gasteiger partial charge in [-0.15, -0.1) is 0 Å². The van der Waals surface area contributed by atoms with Crippen LogP contribution >= 0.6 is 0 Å². The Morgan fingerprint density at radius 1 is 1.20 bits per heavy atom. The van der Waals surface area contributed by atoms with E-state index in [2.05, 4.69) is 4.98 Å². The minimum absolute atomic E-state index is 0.165. The number of imidazole rings is 1. The number of hydrogen-bond acceptors (Lipinski definition) is 3. The molecule has 0 saturated carbocycles. The van der Waals surface area contributed by atoms with Gasteiger partial charge in [0.05, 0.1) is 24.7 Å². The number of phenols is 1. The van der Waals surface area contributed by atoms with Gasteiger partial charge < -0.3 is 14.8 Å². The van der Waals surface area contributed by atoms with Crippen LogP contribution in [0.4, 0.5) is 0 Å². The number of aromatic hydroxyl groups is 1. The summed E-state index contributed by atoms with van der Waals surface area (Å²) in [4.78, 5) is 14.8. The molecule has 0 fully saturated rings. The maximum Gasteiger partial charge on any atom is 0.326 e. The Hall–Kier alpha value is -2.69. The van der Waals surface area contributed by atoms with Gasteiger partial charge >= 0.3 is 5.69 Å². The molecule has 102 valence electrons. The van der Waals surface area contributed by atoms with Gasteiger partial charge in [-0.05, 0) is 29.8 Å². The number of rotatable bonds is 3. The van der Waals surface area contributed by atoms with Gasteiger partial charge in [0.15, 0.2) is 0 Å². The van der Waals surface area contributed by atoms with E-state index in [-0.39, 0.29) is 11.4 Å². The van der Waals surface area contributed by atoms with E-state index < -0.39 is 0 Å². The summed E-state index contributed by atoms with van der Waals surface area (Å²) in [5.74, 6) is 0.917. The molecule has 5 nitrogen and oxygen atoms in total. The lowest BCUT2D eigenvalue weighted by atomic mass is 10.2. The first kappa shape index (κ1) is 12.3. The molecule has 0 aliphatic heterocycles. The summed E-state index contributed by atoms with van der Waals surface area (Å²) in [5, 5.41) is 9.28. The topological polar surface area (TPSA) is 67.2 Å². The van der Waals surface area contributed by atoms with Crippen LogP contribution in [0, 0.1) is 0 Å². The van der Waals surface area contributed by atoms with Crippen molar-refractivity contribution in [1.29, 1.82) is 0 Å². The molecule has 0 bridgehead atoms. The summed E-state index contributed by atoms with van der Waals surface area (Å²) < 4.78 is 6.80. The standard InChI is InChI=1S/C15H14N2O3/c1-20-12-6-7-14-13(8-12)16-15(19)17(14)9-10-2-4-11(18)5-3-10/h2-8,18H,9H2,1H3,(H,16,19). The number of aromatic amines is 1. The molecule has 0 aliphatic carbocycles. The lowest BCUT2D eigenvalue weighted by Gasteiger charge is -2.04. The van der Waals surface area contributed by atoms with Crippen LogP contribution in [0.3, 0.4) is 0 Å². The fourth-order valence-corrected chi connectivity index (χ4v) is 2.21. The Labute approximate surface area is 115 Å². The number of H-pyrrole nitrogens is 1. The minimum Gasteiger partial charge on any atom is -0.508 e. The molecule has 1 heterocycles. The molecule has 0 atom stereocenters. The van der Waals surface area contributed by atoms with E-state index in [9.17, 15) is 9.90 Å². The Morgan fingerprint density at radius 2 is 1.95 bits per heavy atom. The van der Waals surface area contributed by atoms with Gasteiger partial charge in [0, 0.05) is 6.07 Å². The molecule has 5 heteroatoms. The van der Waals surface area contributed by atoms with Crippen LogP contribution < -0.4 is 10.4 Å². The van der Waals surface area contributed by atoms with E-state index >= 15 is 0 Å². The van der Waals surface area contributed by atoms with Crippen LogP contribution in [0.1, 0.15) is 5.56 Å². The predicted octanol–water partition coefficient (Wildman–Crippen LogP) is 2.09. The molecule has 20 heavy (non-hydrogen) atoms. The molecule has 0 spiro atoms. The van der Waals surface area contributed by atoms with Crippen molar-refractivity contribution in [1.82, 2.24) is 9.55 Å². The van der Waals surface area contributed by atoms with E-state index in [1.165, 1.54) is 0 Å². The fraction of sp³-hybridized carbons (Fsp3) is 0.133. The molecule has 0 saturated heterocycles. The third-order valence-electron chi connectivity index (χ3n) is 3.26. The number of aromatic nitrogens is 2. The number of nitrogens with zero attached hydrogens (tertiary/aromatic N) is 1. The van der Waals surface area contributed by atoms with Crippen LogP contribution in [0.5, 0.6) is 11.5 Å².